The first-order chi connectivity index (χ1) is 9.31. The van der Waals surface area contributed by atoms with E-state index in [4.69, 9.17) is 0 Å². The van der Waals surface area contributed by atoms with Gasteiger partial charge in [-0.25, -0.2) is 0 Å². The van der Waals surface area contributed by atoms with Gasteiger partial charge in [0, 0.05) is 5.54 Å². The maximum atomic E-state index is 2.82. The fourth-order valence-electron chi connectivity index (χ4n) is 4.33. The number of hydrogen-bond donors (Lipinski definition) is 0. The average Bonchev–Trinajstić information content (AvgIpc) is 2.49. The Morgan fingerprint density at radius 1 is 1.00 bits per heavy atom. The fourth-order valence-corrected chi connectivity index (χ4v) is 4.33. The first-order valence-corrected chi connectivity index (χ1v) is 8.12. The zero-order valence-corrected chi connectivity index (χ0v) is 12.3. The minimum atomic E-state index is 0.347. The predicted octanol–water partition coefficient (Wildman–Crippen LogP) is 4.58. The Morgan fingerprint density at radius 2 is 1.74 bits per heavy atom. The Labute approximate surface area is 118 Å². The van der Waals surface area contributed by atoms with Crippen LogP contribution in [-0.4, -0.2) is 18.0 Å². The van der Waals surface area contributed by atoms with Crippen molar-refractivity contribution in [2.24, 2.45) is 5.92 Å². The molecule has 1 heteroatoms. The van der Waals surface area contributed by atoms with Crippen molar-refractivity contribution in [3.05, 3.63) is 35.9 Å². The van der Waals surface area contributed by atoms with Crippen molar-refractivity contribution in [3.8, 4) is 0 Å². The van der Waals surface area contributed by atoms with Gasteiger partial charge in [-0.05, 0) is 50.3 Å². The molecule has 0 aromatic heterocycles. The summed E-state index contributed by atoms with van der Waals surface area (Å²) in [5.74, 6) is 0.871. The number of nitrogens with zero attached hydrogens (tertiary/aromatic N) is 1. The molecule has 1 saturated carbocycles. The highest BCUT2D eigenvalue weighted by molar-refractivity contribution is 5.26. The number of hydrogen-bond acceptors (Lipinski definition) is 1. The van der Waals surface area contributed by atoms with Crippen LogP contribution >= 0.6 is 0 Å². The molecule has 2 fully saturated rings. The van der Waals surface area contributed by atoms with Crippen molar-refractivity contribution >= 4 is 0 Å². The van der Waals surface area contributed by atoms with Crippen LogP contribution in [0.3, 0.4) is 0 Å². The van der Waals surface area contributed by atoms with E-state index in [0.29, 0.717) is 5.54 Å². The molecule has 1 aromatic rings. The van der Waals surface area contributed by atoms with Crippen molar-refractivity contribution < 1.29 is 0 Å². The van der Waals surface area contributed by atoms with Crippen LogP contribution in [0.2, 0.25) is 0 Å². The maximum absolute atomic E-state index is 2.82. The molecule has 1 saturated heterocycles. The van der Waals surface area contributed by atoms with E-state index in [1.54, 1.807) is 5.56 Å². The lowest BCUT2D eigenvalue weighted by atomic mass is 9.71. The van der Waals surface area contributed by atoms with Gasteiger partial charge in [0.2, 0.25) is 0 Å². The summed E-state index contributed by atoms with van der Waals surface area (Å²) in [5, 5.41) is 0. The molecule has 19 heavy (non-hydrogen) atoms. The second kappa shape index (κ2) is 5.66. The third-order valence-corrected chi connectivity index (χ3v) is 5.25. The summed E-state index contributed by atoms with van der Waals surface area (Å²) >= 11 is 0. The van der Waals surface area contributed by atoms with Crippen molar-refractivity contribution in [1.82, 2.24) is 4.90 Å². The summed E-state index contributed by atoms with van der Waals surface area (Å²) in [4.78, 5) is 2.82. The van der Waals surface area contributed by atoms with E-state index < -0.39 is 0 Å². The minimum Gasteiger partial charge on any atom is -0.294 e. The number of benzene rings is 1. The van der Waals surface area contributed by atoms with Crippen LogP contribution in [0.15, 0.2) is 30.3 Å². The van der Waals surface area contributed by atoms with Crippen molar-refractivity contribution in [2.45, 2.75) is 57.4 Å². The Bertz CT molecular complexity index is 393. The van der Waals surface area contributed by atoms with E-state index in [9.17, 15) is 0 Å². The standard InChI is InChI=1S/C18H27N/c1-16-9-8-12-18(15-16,17-10-4-2-5-11-17)19-13-6-3-7-14-19/h2,4-5,10-11,16H,3,6-9,12-15H2,1H3/t16-,18+/m0/s1. The molecule has 1 nitrogen and oxygen atoms in total. The quantitative estimate of drug-likeness (QED) is 0.749. The zero-order chi connectivity index (χ0) is 13.1. The molecule has 0 spiro atoms. The van der Waals surface area contributed by atoms with E-state index in [-0.39, 0.29) is 0 Å². The van der Waals surface area contributed by atoms with Gasteiger partial charge >= 0.3 is 0 Å². The smallest absolute Gasteiger partial charge is 0.0463 e. The second-order valence-corrected chi connectivity index (χ2v) is 6.65. The summed E-state index contributed by atoms with van der Waals surface area (Å²) in [7, 11) is 0. The largest absolute Gasteiger partial charge is 0.294 e. The van der Waals surface area contributed by atoms with Gasteiger partial charge in [0.05, 0.1) is 0 Å². The minimum absolute atomic E-state index is 0.347. The van der Waals surface area contributed by atoms with Crippen molar-refractivity contribution in [1.29, 1.82) is 0 Å². The molecular formula is C18H27N. The molecule has 0 N–H and O–H groups in total. The molecule has 1 heterocycles. The molecule has 0 radical (unpaired) electrons. The van der Waals surface area contributed by atoms with Gasteiger partial charge in [-0.1, -0.05) is 56.5 Å². The van der Waals surface area contributed by atoms with E-state index >= 15 is 0 Å². The summed E-state index contributed by atoms with van der Waals surface area (Å²) in [5.41, 5.74) is 1.92. The van der Waals surface area contributed by atoms with Crippen molar-refractivity contribution in [2.75, 3.05) is 13.1 Å². The van der Waals surface area contributed by atoms with Gasteiger partial charge in [-0.2, -0.15) is 0 Å². The lowest BCUT2D eigenvalue weighted by molar-refractivity contribution is 0.0143. The van der Waals surface area contributed by atoms with Crippen LogP contribution in [0, 0.1) is 5.92 Å². The molecular weight excluding hydrogens is 230 g/mol. The molecule has 1 aliphatic carbocycles. The molecule has 2 aliphatic rings. The Kier molecular flexibility index (Phi) is 3.93. The van der Waals surface area contributed by atoms with Crippen LogP contribution in [-0.2, 0) is 5.54 Å². The van der Waals surface area contributed by atoms with Gasteiger partial charge in [0.25, 0.3) is 0 Å². The molecule has 1 aromatic carbocycles. The lowest BCUT2D eigenvalue weighted by Gasteiger charge is -2.50. The van der Waals surface area contributed by atoms with Gasteiger partial charge in [0.1, 0.15) is 0 Å². The molecule has 0 unspecified atom stereocenters. The van der Waals surface area contributed by atoms with Gasteiger partial charge in [0.15, 0.2) is 0 Å². The first kappa shape index (κ1) is 13.2. The first-order valence-electron chi connectivity index (χ1n) is 8.12. The van der Waals surface area contributed by atoms with Crippen LogP contribution < -0.4 is 0 Å². The van der Waals surface area contributed by atoms with Crippen molar-refractivity contribution in [3.63, 3.8) is 0 Å². The maximum Gasteiger partial charge on any atom is 0.0463 e. The highest BCUT2D eigenvalue weighted by atomic mass is 15.2. The molecule has 0 amide bonds. The SMILES string of the molecule is C[C@H]1CCC[C@@](c2ccccc2)(N2CCCCC2)C1. The van der Waals surface area contributed by atoms with Crippen LogP contribution in [0.25, 0.3) is 0 Å². The molecule has 1 aliphatic heterocycles. The number of likely N-dealkylation sites (tertiary alicyclic amines) is 1. The molecule has 104 valence electrons. The summed E-state index contributed by atoms with van der Waals surface area (Å²) < 4.78 is 0. The van der Waals surface area contributed by atoms with E-state index in [2.05, 4.69) is 42.2 Å². The highest BCUT2D eigenvalue weighted by Gasteiger charge is 2.41. The summed E-state index contributed by atoms with van der Waals surface area (Å²) in [6.07, 6.45) is 9.75. The highest BCUT2D eigenvalue weighted by Crippen LogP contribution is 2.45. The monoisotopic (exact) mass is 257 g/mol. The Morgan fingerprint density at radius 3 is 2.42 bits per heavy atom. The van der Waals surface area contributed by atoms with Gasteiger partial charge in [-0.15, -0.1) is 0 Å². The fraction of sp³-hybridized carbons (Fsp3) is 0.667. The van der Waals surface area contributed by atoms with E-state index in [1.807, 2.05) is 0 Å². The van der Waals surface area contributed by atoms with Crippen LogP contribution in [0.5, 0.6) is 0 Å². The summed E-state index contributed by atoms with van der Waals surface area (Å²) in [6, 6.07) is 11.3. The number of piperidine rings is 1. The third kappa shape index (κ3) is 2.58. The second-order valence-electron chi connectivity index (χ2n) is 6.65. The lowest BCUT2D eigenvalue weighted by Crippen LogP contribution is -2.51. The molecule has 2 atom stereocenters. The third-order valence-electron chi connectivity index (χ3n) is 5.25. The molecule has 0 bridgehead atoms. The predicted molar refractivity (Wildman–Crippen MR) is 81.2 cm³/mol. The molecule has 3 rings (SSSR count). The Balaban J connectivity index is 1.94. The topological polar surface area (TPSA) is 3.24 Å². The van der Waals surface area contributed by atoms with Crippen LogP contribution in [0.4, 0.5) is 0 Å². The summed E-state index contributed by atoms with van der Waals surface area (Å²) in [6.45, 7) is 5.06. The van der Waals surface area contributed by atoms with E-state index in [0.717, 1.165) is 5.92 Å². The number of rotatable bonds is 2. The normalized spacial score (nSPS) is 33.2. The van der Waals surface area contributed by atoms with E-state index in [1.165, 1.54) is 58.0 Å². The van der Waals surface area contributed by atoms with Gasteiger partial charge in [-0.3, -0.25) is 4.90 Å². The Hall–Kier alpha value is -0.820. The van der Waals surface area contributed by atoms with Gasteiger partial charge < -0.3 is 0 Å². The zero-order valence-electron chi connectivity index (χ0n) is 12.3. The average molecular weight is 257 g/mol. The van der Waals surface area contributed by atoms with Crippen LogP contribution in [0.1, 0.15) is 57.4 Å².